The number of nitrogens with one attached hydrogen (secondary N) is 3. The molecular weight excluding hydrogens is 580 g/mol. The lowest BCUT2D eigenvalue weighted by Gasteiger charge is -2.27. The predicted octanol–water partition coefficient (Wildman–Crippen LogP) is 6.13. The van der Waals surface area contributed by atoms with Crippen LogP contribution in [0.2, 0.25) is 0 Å². The Bertz CT molecular complexity index is 1430. The van der Waals surface area contributed by atoms with E-state index >= 15 is 0 Å². The number of carbonyl (C=O) groups excluding carboxylic acids is 4. The van der Waals surface area contributed by atoms with Crippen molar-refractivity contribution in [2.24, 2.45) is 5.92 Å². The van der Waals surface area contributed by atoms with Crippen molar-refractivity contribution < 1.29 is 23.9 Å². The minimum atomic E-state index is -0.930. The second-order valence-corrected chi connectivity index (χ2v) is 12.3. The van der Waals surface area contributed by atoms with Gasteiger partial charge in [-0.2, -0.15) is 0 Å². The maximum Gasteiger partial charge on any atom is 0.318 e. The van der Waals surface area contributed by atoms with Crippen molar-refractivity contribution in [2.45, 2.75) is 78.0 Å². The van der Waals surface area contributed by atoms with Crippen molar-refractivity contribution in [2.75, 3.05) is 18.4 Å². The van der Waals surface area contributed by atoms with E-state index in [1.54, 1.807) is 29.2 Å². The Morgan fingerprint density at radius 3 is 2.00 bits per heavy atom. The minimum Gasteiger partial charge on any atom is -0.489 e. The monoisotopic (exact) mass is 626 g/mol. The molecule has 2 atom stereocenters. The summed E-state index contributed by atoms with van der Waals surface area (Å²) >= 11 is 0. The summed E-state index contributed by atoms with van der Waals surface area (Å²) in [5, 5.41) is 8.76. The number of anilines is 1. The van der Waals surface area contributed by atoms with Gasteiger partial charge in [0.05, 0.1) is 0 Å². The van der Waals surface area contributed by atoms with Gasteiger partial charge in [-0.1, -0.05) is 69.2 Å². The van der Waals surface area contributed by atoms with E-state index in [0.717, 1.165) is 36.8 Å². The van der Waals surface area contributed by atoms with Gasteiger partial charge in [0.25, 0.3) is 0 Å². The van der Waals surface area contributed by atoms with Gasteiger partial charge >= 0.3 is 6.03 Å². The summed E-state index contributed by atoms with van der Waals surface area (Å²) < 4.78 is 5.92. The Morgan fingerprint density at radius 2 is 1.39 bits per heavy atom. The summed E-state index contributed by atoms with van der Waals surface area (Å²) in [4.78, 5) is 54.0. The molecule has 0 bridgehead atoms. The Balaban J connectivity index is 1.48. The van der Waals surface area contributed by atoms with Crippen molar-refractivity contribution in [1.29, 1.82) is 0 Å². The molecule has 4 rings (SSSR count). The predicted molar refractivity (Wildman–Crippen MR) is 180 cm³/mol. The van der Waals surface area contributed by atoms with E-state index in [0.29, 0.717) is 43.1 Å². The molecule has 0 aliphatic carbocycles. The number of carbonyl (C=O) groups is 4. The molecule has 1 fully saturated rings. The highest BCUT2D eigenvalue weighted by molar-refractivity contribution is 5.99. The van der Waals surface area contributed by atoms with Gasteiger partial charge in [-0.05, 0) is 79.6 Å². The summed E-state index contributed by atoms with van der Waals surface area (Å²) in [6.45, 7) is 7.24. The zero-order valence-corrected chi connectivity index (χ0v) is 27.1. The highest BCUT2D eigenvalue weighted by Gasteiger charge is 2.29. The number of rotatable bonds is 13. The second kappa shape index (κ2) is 17.1. The van der Waals surface area contributed by atoms with Crippen molar-refractivity contribution in [3.05, 3.63) is 95.6 Å². The molecule has 1 aliphatic heterocycles. The first-order chi connectivity index (χ1) is 22.2. The molecule has 1 aliphatic rings. The molecule has 46 heavy (non-hydrogen) atoms. The number of hydrogen-bond donors (Lipinski definition) is 3. The standard InChI is InChI=1S/C37H46N4O5/c1-26(2)23-33(40-37(45)41-21-9-4-5-10-22-41)36(44)39-34(35(43)38-31-17-15-30(16-18-31)27(3)42)24-28-13-19-32(20-14-28)46-25-29-11-7-6-8-12-29/h6-8,11-20,26,33-34H,4-5,9-10,21-25H2,1-3H3,(H,38,43)(H,39,44)(H,40,45)/t33-,34-/m0/s1. The van der Waals surface area contributed by atoms with E-state index in [1.165, 1.54) is 6.92 Å². The van der Waals surface area contributed by atoms with Crippen molar-refractivity contribution >= 4 is 29.3 Å². The van der Waals surface area contributed by atoms with Crippen LogP contribution in [-0.4, -0.2) is 53.7 Å². The molecule has 0 spiro atoms. The lowest BCUT2D eigenvalue weighted by atomic mass is 10.0. The number of ketones is 1. The van der Waals surface area contributed by atoms with Crippen LogP contribution in [0.25, 0.3) is 0 Å². The molecule has 0 radical (unpaired) electrons. The highest BCUT2D eigenvalue weighted by atomic mass is 16.5. The lowest BCUT2D eigenvalue weighted by molar-refractivity contribution is -0.128. The van der Waals surface area contributed by atoms with Crippen LogP contribution in [0.5, 0.6) is 5.75 Å². The first-order valence-corrected chi connectivity index (χ1v) is 16.2. The molecule has 9 heteroatoms. The molecular formula is C37H46N4O5. The largest absolute Gasteiger partial charge is 0.489 e. The molecule has 0 saturated carbocycles. The van der Waals surface area contributed by atoms with Gasteiger partial charge in [-0.3, -0.25) is 14.4 Å². The zero-order chi connectivity index (χ0) is 32.9. The first kappa shape index (κ1) is 34.2. The first-order valence-electron chi connectivity index (χ1n) is 16.2. The summed E-state index contributed by atoms with van der Waals surface area (Å²) in [5.41, 5.74) is 2.93. The van der Waals surface area contributed by atoms with Crippen molar-refractivity contribution in [3.63, 3.8) is 0 Å². The molecule has 4 amide bonds. The van der Waals surface area contributed by atoms with Gasteiger partial charge in [0.15, 0.2) is 5.78 Å². The van der Waals surface area contributed by atoms with Crippen LogP contribution in [0.15, 0.2) is 78.9 Å². The fraction of sp³-hybridized carbons (Fsp3) is 0.405. The number of Topliss-reactive ketones (excluding diaryl/α,β-unsaturated/α-hetero) is 1. The van der Waals surface area contributed by atoms with Gasteiger partial charge < -0.3 is 25.6 Å². The molecule has 1 saturated heterocycles. The topological polar surface area (TPSA) is 117 Å². The minimum absolute atomic E-state index is 0.0716. The molecule has 3 aromatic carbocycles. The maximum absolute atomic E-state index is 13.7. The summed E-state index contributed by atoms with van der Waals surface area (Å²) in [6, 6.07) is 22.0. The fourth-order valence-electron chi connectivity index (χ4n) is 5.41. The van der Waals surface area contributed by atoms with Crippen LogP contribution >= 0.6 is 0 Å². The van der Waals surface area contributed by atoms with E-state index in [2.05, 4.69) is 16.0 Å². The van der Waals surface area contributed by atoms with Gasteiger partial charge in [0, 0.05) is 30.8 Å². The van der Waals surface area contributed by atoms with Gasteiger partial charge in [-0.15, -0.1) is 0 Å². The van der Waals surface area contributed by atoms with Crippen LogP contribution in [-0.2, 0) is 22.6 Å². The zero-order valence-electron chi connectivity index (χ0n) is 27.1. The number of urea groups is 1. The molecule has 0 unspecified atom stereocenters. The summed E-state index contributed by atoms with van der Waals surface area (Å²) in [5.74, 6) is -0.0630. The molecule has 9 nitrogen and oxygen atoms in total. The smallest absolute Gasteiger partial charge is 0.318 e. The highest BCUT2D eigenvalue weighted by Crippen LogP contribution is 2.18. The normalized spacial score (nSPS) is 14.5. The Hall–Kier alpha value is -4.66. The average Bonchev–Trinajstić information content (AvgIpc) is 3.34. The van der Waals surface area contributed by atoms with Crippen LogP contribution in [0.3, 0.4) is 0 Å². The van der Waals surface area contributed by atoms with Crippen LogP contribution in [0.4, 0.5) is 10.5 Å². The third-order valence-electron chi connectivity index (χ3n) is 8.02. The van der Waals surface area contributed by atoms with E-state index < -0.39 is 23.9 Å². The lowest BCUT2D eigenvalue weighted by Crippen LogP contribution is -2.55. The Morgan fingerprint density at radius 1 is 0.739 bits per heavy atom. The van der Waals surface area contributed by atoms with E-state index in [9.17, 15) is 19.2 Å². The van der Waals surface area contributed by atoms with E-state index in [1.807, 2.05) is 68.4 Å². The van der Waals surface area contributed by atoms with E-state index in [-0.39, 0.29) is 24.2 Å². The Kier molecular flexibility index (Phi) is 12.8. The van der Waals surface area contributed by atoms with Crippen LogP contribution < -0.4 is 20.7 Å². The Labute approximate surface area is 272 Å². The number of ether oxygens (including phenoxy) is 1. The molecule has 0 aromatic heterocycles. The summed E-state index contributed by atoms with van der Waals surface area (Å²) in [7, 11) is 0. The third kappa shape index (κ3) is 10.8. The fourth-order valence-corrected chi connectivity index (χ4v) is 5.41. The third-order valence-corrected chi connectivity index (χ3v) is 8.02. The average molecular weight is 627 g/mol. The van der Waals surface area contributed by atoms with Gasteiger partial charge in [-0.25, -0.2) is 4.79 Å². The quantitative estimate of drug-likeness (QED) is 0.197. The van der Waals surface area contributed by atoms with Crippen molar-refractivity contribution in [1.82, 2.24) is 15.5 Å². The number of nitrogens with zero attached hydrogens (tertiary/aromatic N) is 1. The number of hydrogen-bond acceptors (Lipinski definition) is 5. The molecule has 244 valence electrons. The maximum atomic E-state index is 13.7. The summed E-state index contributed by atoms with van der Waals surface area (Å²) in [6.07, 6.45) is 4.72. The number of amides is 4. The molecule has 1 heterocycles. The SMILES string of the molecule is CC(=O)c1ccc(NC(=O)[C@H](Cc2ccc(OCc3ccccc3)cc2)NC(=O)[C@H](CC(C)C)NC(=O)N2CCCCCC2)cc1. The van der Waals surface area contributed by atoms with Gasteiger partial charge in [0.1, 0.15) is 24.4 Å². The molecule has 3 N–H and O–H groups in total. The number of benzene rings is 3. The second-order valence-electron chi connectivity index (χ2n) is 12.3. The van der Waals surface area contributed by atoms with Crippen LogP contribution in [0.1, 0.15) is 74.4 Å². The van der Waals surface area contributed by atoms with Crippen molar-refractivity contribution in [3.8, 4) is 5.75 Å². The number of likely N-dealkylation sites (tertiary alicyclic amines) is 1. The molecule has 3 aromatic rings. The van der Waals surface area contributed by atoms with Crippen LogP contribution in [0, 0.1) is 5.92 Å². The van der Waals surface area contributed by atoms with Gasteiger partial charge in [0.2, 0.25) is 11.8 Å². The van der Waals surface area contributed by atoms with E-state index in [4.69, 9.17) is 4.74 Å².